The normalized spacial score (nSPS) is 20.0. The molecule has 28 heavy (non-hydrogen) atoms. The summed E-state index contributed by atoms with van der Waals surface area (Å²) in [4.78, 5) is 6.79. The van der Waals surface area contributed by atoms with Gasteiger partial charge in [0.15, 0.2) is 0 Å². The zero-order chi connectivity index (χ0) is 19.5. The predicted molar refractivity (Wildman–Crippen MR) is 110 cm³/mol. The zero-order valence-electron chi connectivity index (χ0n) is 16.5. The summed E-state index contributed by atoms with van der Waals surface area (Å²) in [5.41, 5.74) is 1.18. The second-order valence-corrected chi connectivity index (χ2v) is 7.33. The van der Waals surface area contributed by atoms with Gasteiger partial charge in [0.05, 0.1) is 7.11 Å². The fraction of sp³-hybridized carbons (Fsp3) is 0.348. The maximum Gasteiger partial charge on any atom is 0.221 e. The van der Waals surface area contributed by atoms with Crippen molar-refractivity contribution in [2.75, 3.05) is 20.3 Å². The van der Waals surface area contributed by atoms with Gasteiger partial charge in [-0.2, -0.15) is 0 Å². The quantitative estimate of drug-likeness (QED) is 0.635. The molecule has 0 amide bonds. The van der Waals surface area contributed by atoms with Crippen LogP contribution in [-0.2, 0) is 4.74 Å². The summed E-state index contributed by atoms with van der Waals surface area (Å²) >= 11 is 0. The number of aromatic nitrogens is 1. The van der Waals surface area contributed by atoms with Gasteiger partial charge >= 0.3 is 0 Å². The SMILES string of the molecule is COc1ccc2c(OCC3CN(C(C)C)C(c4ccccc4)O3)nccc2c1. The summed E-state index contributed by atoms with van der Waals surface area (Å²) in [5.74, 6) is 1.45. The Balaban J connectivity index is 1.49. The fourth-order valence-corrected chi connectivity index (χ4v) is 3.64. The number of methoxy groups -OCH3 is 1. The van der Waals surface area contributed by atoms with E-state index in [1.807, 2.05) is 30.3 Å². The maximum absolute atomic E-state index is 6.34. The van der Waals surface area contributed by atoms with E-state index in [9.17, 15) is 0 Å². The number of nitrogens with zero attached hydrogens (tertiary/aromatic N) is 2. The summed E-state index contributed by atoms with van der Waals surface area (Å²) in [6.07, 6.45) is 1.71. The Morgan fingerprint density at radius 1 is 1.14 bits per heavy atom. The van der Waals surface area contributed by atoms with Crippen molar-refractivity contribution in [3.63, 3.8) is 0 Å². The van der Waals surface area contributed by atoms with Crippen LogP contribution in [0.15, 0.2) is 60.8 Å². The minimum absolute atomic E-state index is 0.0112. The molecule has 0 saturated carbocycles. The van der Waals surface area contributed by atoms with Crippen LogP contribution in [-0.4, -0.2) is 42.3 Å². The van der Waals surface area contributed by atoms with E-state index in [1.54, 1.807) is 13.3 Å². The summed E-state index contributed by atoms with van der Waals surface area (Å²) in [5, 5.41) is 2.02. The molecular weight excluding hydrogens is 352 g/mol. The molecule has 4 rings (SSSR count). The third-order valence-electron chi connectivity index (χ3n) is 5.13. The highest BCUT2D eigenvalue weighted by molar-refractivity contribution is 5.87. The number of pyridine rings is 1. The Labute approximate surface area is 165 Å². The first kappa shape index (κ1) is 18.7. The minimum Gasteiger partial charge on any atom is -0.497 e. The topological polar surface area (TPSA) is 43.8 Å². The molecule has 1 aliphatic heterocycles. The molecule has 0 spiro atoms. The third-order valence-corrected chi connectivity index (χ3v) is 5.13. The molecule has 3 aromatic rings. The summed E-state index contributed by atoms with van der Waals surface area (Å²) in [6.45, 7) is 5.69. The van der Waals surface area contributed by atoms with Crippen molar-refractivity contribution in [2.24, 2.45) is 0 Å². The summed E-state index contributed by atoms with van der Waals surface area (Å²) < 4.78 is 17.7. The van der Waals surface area contributed by atoms with Gasteiger partial charge in [-0.05, 0) is 49.1 Å². The van der Waals surface area contributed by atoms with E-state index >= 15 is 0 Å². The zero-order valence-corrected chi connectivity index (χ0v) is 16.5. The van der Waals surface area contributed by atoms with Gasteiger partial charge < -0.3 is 14.2 Å². The van der Waals surface area contributed by atoms with Crippen molar-refractivity contribution in [3.8, 4) is 11.6 Å². The lowest BCUT2D eigenvalue weighted by Crippen LogP contribution is -2.32. The van der Waals surface area contributed by atoms with Crippen LogP contribution in [0.25, 0.3) is 10.8 Å². The van der Waals surface area contributed by atoms with E-state index in [2.05, 4.69) is 48.0 Å². The van der Waals surface area contributed by atoms with Crippen LogP contribution in [0.3, 0.4) is 0 Å². The molecular formula is C23H26N2O3. The molecule has 1 aromatic heterocycles. The van der Waals surface area contributed by atoms with E-state index in [4.69, 9.17) is 14.2 Å². The van der Waals surface area contributed by atoms with Gasteiger partial charge in [0.25, 0.3) is 0 Å². The first-order valence-electron chi connectivity index (χ1n) is 9.67. The van der Waals surface area contributed by atoms with E-state index in [1.165, 1.54) is 5.56 Å². The largest absolute Gasteiger partial charge is 0.497 e. The van der Waals surface area contributed by atoms with Gasteiger partial charge in [-0.25, -0.2) is 4.98 Å². The van der Waals surface area contributed by atoms with Gasteiger partial charge in [-0.3, -0.25) is 4.90 Å². The van der Waals surface area contributed by atoms with Crippen LogP contribution in [0, 0.1) is 0 Å². The van der Waals surface area contributed by atoms with Gasteiger partial charge in [0, 0.05) is 24.2 Å². The van der Waals surface area contributed by atoms with Crippen LogP contribution in [0.1, 0.15) is 25.6 Å². The first-order chi connectivity index (χ1) is 13.7. The molecule has 0 aliphatic carbocycles. The molecule has 1 saturated heterocycles. The highest BCUT2D eigenvalue weighted by atomic mass is 16.6. The third kappa shape index (κ3) is 3.81. The standard InChI is InChI=1S/C23H26N2O3/c1-16(2)25-14-20(28-23(25)17-7-5-4-6-8-17)15-27-22-21-10-9-19(26-3)13-18(21)11-12-24-22/h4-13,16,20,23H,14-15H2,1-3H3. The molecule has 2 atom stereocenters. The molecule has 0 radical (unpaired) electrons. The van der Waals surface area contributed by atoms with Crippen molar-refractivity contribution in [1.82, 2.24) is 9.88 Å². The van der Waals surface area contributed by atoms with Gasteiger partial charge in [-0.1, -0.05) is 30.3 Å². The molecule has 1 fully saturated rings. The van der Waals surface area contributed by atoms with Crippen LogP contribution in [0.2, 0.25) is 0 Å². The number of fused-ring (bicyclic) bond motifs is 1. The number of benzene rings is 2. The van der Waals surface area contributed by atoms with E-state index < -0.39 is 0 Å². The smallest absolute Gasteiger partial charge is 0.221 e. The number of hydrogen-bond acceptors (Lipinski definition) is 5. The van der Waals surface area contributed by atoms with Gasteiger partial charge in [-0.15, -0.1) is 0 Å². The minimum atomic E-state index is -0.0421. The Morgan fingerprint density at radius 2 is 1.96 bits per heavy atom. The second kappa shape index (κ2) is 8.17. The number of hydrogen-bond donors (Lipinski definition) is 0. The lowest BCUT2D eigenvalue weighted by molar-refractivity contribution is -0.0237. The molecule has 1 aliphatic rings. The van der Waals surface area contributed by atoms with E-state index in [-0.39, 0.29) is 12.3 Å². The maximum atomic E-state index is 6.34. The molecule has 146 valence electrons. The van der Waals surface area contributed by atoms with Crippen LogP contribution >= 0.6 is 0 Å². The van der Waals surface area contributed by atoms with Crippen molar-refractivity contribution in [2.45, 2.75) is 32.2 Å². The Bertz CT molecular complexity index is 930. The highest BCUT2D eigenvalue weighted by Crippen LogP contribution is 2.33. The van der Waals surface area contributed by atoms with E-state index in [0.717, 1.165) is 23.1 Å². The number of rotatable bonds is 6. The fourth-order valence-electron chi connectivity index (χ4n) is 3.64. The molecule has 0 N–H and O–H groups in total. The molecule has 5 heteroatoms. The van der Waals surface area contributed by atoms with Crippen LogP contribution in [0.5, 0.6) is 11.6 Å². The van der Waals surface area contributed by atoms with Gasteiger partial charge in [0.2, 0.25) is 5.88 Å². The number of ether oxygens (including phenoxy) is 3. The predicted octanol–water partition coefficient (Wildman–Crippen LogP) is 4.43. The molecule has 2 aromatic carbocycles. The Morgan fingerprint density at radius 3 is 2.71 bits per heavy atom. The summed E-state index contributed by atoms with van der Waals surface area (Å²) in [6, 6.07) is 18.6. The Hall–Kier alpha value is -2.63. The second-order valence-electron chi connectivity index (χ2n) is 7.33. The average Bonchev–Trinajstić information content (AvgIpc) is 3.17. The van der Waals surface area contributed by atoms with E-state index in [0.29, 0.717) is 18.5 Å². The summed E-state index contributed by atoms with van der Waals surface area (Å²) in [7, 11) is 1.67. The van der Waals surface area contributed by atoms with Crippen LogP contribution < -0.4 is 9.47 Å². The lowest BCUT2D eigenvalue weighted by atomic mass is 10.1. The highest BCUT2D eigenvalue weighted by Gasteiger charge is 2.35. The molecule has 2 unspecified atom stereocenters. The Kier molecular flexibility index (Phi) is 5.46. The van der Waals surface area contributed by atoms with Crippen molar-refractivity contribution < 1.29 is 14.2 Å². The lowest BCUT2D eigenvalue weighted by Gasteiger charge is -2.26. The van der Waals surface area contributed by atoms with Crippen molar-refractivity contribution >= 4 is 10.8 Å². The van der Waals surface area contributed by atoms with Gasteiger partial charge in [0.1, 0.15) is 24.7 Å². The molecule has 2 heterocycles. The first-order valence-corrected chi connectivity index (χ1v) is 9.67. The van der Waals surface area contributed by atoms with Crippen molar-refractivity contribution in [3.05, 3.63) is 66.4 Å². The van der Waals surface area contributed by atoms with Crippen LogP contribution in [0.4, 0.5) is 0 Å². The molecule has 0 bridgehead atoms. The monoisotopic (exact) mass is 378 g/mol. The van der Waals surface area contributed by atoms with Crippen molar-refractivity contribution in [1.29, 1.82) is 0 Å². The molecule has 5 nitrogen and oxygen atoms in total. The average molecular weight is 378 g/mol.